The fourth-order valence-electron chi connectivity index (χ4n) is 2.52. The standard InChI is InChI=1S/C11H23N3/c1-4-10(11(12)13)14-6-5-8(2)7-9(14)3/h8-10H,4-7H2,1-3H3,(H3,12,13). The van der Waals surface area contributed by atoms with Crippen LogP contribution >= 0.6 is 0 Å². The molecule has 0 aromatic heterocycles. The van der Waals surface area contributed by atoms with Gasteiger partial charge >= 0.3 is 0 Å². The van der Waals surface area contributed by atoms with E-state index in [1.165, 1.54) is 12.8 Å². The van der Waals surface area contributed by atoms with Crippen LogP contribution in [-0.4, -0.2) is 29.4 Å². The van der Waals surface area contributed by atoms with E-state index in [1.807, 2.05) is 0 Å². The summed E-state index contributed by atoms with van der Waals surface area (Å²) in [6, 6.07) is 0.741. The normalized spacial score (nSPS) is 31.4. The molecule has 3 heteroatoms. The zero-order valence-corrected chi connectivity index (χ0v) is 9.59. The number of nitrogens with zero attached hydrogens (tertiary/aromatic N) is 1. The number of amidine groups is 1. The third-order valence-electron chi connectivity index (χ3n) is 3.34. The molecule has 3 unspecified atom stereocenters. The molecular formula is C11H23N3. The van der Waals surface area contributed by atoms with Crippen molar-refractivity contribution in [3.63, 3.8) is 0 Å². The third kappa shape index (κ3) is 2.47. The Hall–Kier alpha value is -0.570. The number of nitrogens with two attached hydrogens (primary N) is 1. The molecule has 0 radical (unpaired) electrons. The summed E-state index contributed by atoms with van der Waals surface area (Å²) in [7, 11) is 0. The highest BCUT2D eigenvalue weighted by molar-refractivity contribution is 5.82. The highest BCUT2D eigenvalue weighted by atomic mass is 15.2. The van der Waals surface area contributed by atoms with Gasteiger partial charge in [-0.25, -0.2) is 0 Å². The monoisotopic (exact) mass is 197 g/mol. The van der Waals surface area contributed by atoms with Gasteiger partial charge in [0.15, 0.2) is 0 Å². The second-order valence-electron chi connectivity index (χ2n) is 4.60. The van der Waals surface area contributed by atoms with Crippen LogP contribution in [0.1, 0.15) is 40.0 Å². The molecule has 0 bridgehead atoms. The molecule has 1 heterocycles. The van der Waals surface area contributed by atoms with Gasteiger partial charge in [0.05, 0.1) is 6.04 Å². The largest absolute Gasteiger partial charge is 0.386 e. The first-order valence-corrected chi connectivity index (χ1v) is 5.65. The molecule has 0 amide bonds. The van der Waals surface area contributed by atoms with Gasteiger partial charge in [-0.15, -0.1) is 0 Å². The number of hydrogen-bond acceptors (Lipinski definition) is 2. The van der Waals surface area contributed by atoms with Crippen molar-refractivity contribution >= 4 is 5.84 Å². The van der Waals surface area contributed by atoms with Crippen molar-refractivity contribution in [2.45, 2.75) is 52.1 Å². The Labute approximate surface area is 87.2 Å². The third-order valence-corrected chi connectivity index (χ3v) is 3.34. The number of piperidine rings is 1. The van der Waals surface area contributed by atoms with E-state index in [0.29, 0.717) is 11.9 Å². The van der Waals surface area contributed by atoms with E-state index >= 15 is 0 Å². The molecule has 3 atom stereocenters. The van der Waals surface area contributed by atoms with E-state index in [0.717, 1.165) is 18.9 Å². The van der Waals surface area contributed by atoms with E-state index in [-0.39, 0.29) is 6.04 Å². The quantitative estimate of drug-likeness (QED) is 0.535. The summed E-state index contributed by atoms with van der Waals surface area (Å²) in [5, 5.41) is 7.56. The lowest BCUT2D eigenvalue weighted by molar-refractivity contribution is 0.106. The Balaban J connectivity index is 2.62. The topological polar surface area (TPSA) is 53.1 Å². The molecule has 0 saturated carbocycles. The van der Waals surface area contributed by atoms with E-state index in [4.69, 9.17) is 11.1 Å². The van der Waals surface area contributed by atoms with Crippen molar-refractivity contribution in [3.05, 3.63) is 0 Å². The van der Waals surface area contributed by atoms with Crippen LogP contribution in [0.25, 0.3) is 0 Å². The minimum Gasteiger partial charge on any atom is -0.386 e. The summed E-state index contributed by atoms with van der Waals surface area (Å²) in [6.45, 7) is 7.76. The smallest absolute Gasteiger partial charge is 0.108 e. The van der Waals surface area contributed by atoms with Crippen LogP contribution < -0.4 is 5.73 Å². The number of rotatable bonds is 3. The summed E-state index contributed by atoms with van der Waals surface area (Å²) >= 11 is 0. The molecule has 1 aliphatic rings. The molecule has 1 rings (SSSR count). The molecule has 14 heavy (non-hydrogen) atoms. The van der Waals surface area contributed by atoms with Gasteiger partial charge in [-0.2, -0.15) is 0 Å². The molecule has 0 aromatic rings. The molecule has 0 aromatic carbocycles. The Morgan fingerprint density at radius 3 is 2.64 bits per heavy atom. The minimum atomic E-state index is 0.164. The lowest BCUT2D eigenvalue weighted by atomic mass is 9.91. The number of hydrogen-bond donors (Lipinski definition) is 2. The van der Waals surface area contributed by atoms with E-state index in [9.17, 15) is 0 Å². The van der Waals surface area contributed by atoms with Crippen molar-refractivity contribution in [3.8, 4) is 0 Å². The first-order chi connectivity index (χ1) is 6.56. The second kappa shape index (κ2) is 4.78. The average molecular weight is 197 g/mol. The van der Waals surface area contributed by atoms with E-state index in [2.05, 4.69) is 25.7 Å². The lowest BCUT2D eigenvalue weighted by Gasteiger charge is -2.41. The van der Waals surface area contributed by atoms with Crippen molar-refractivity contribution < 1.29 is 0 Å². The molecule has 1 fully saturated rings. The van der Waals surface area contributed by atoms with Crippen LogP contribution in [0.5, 0.6) is 0 Å². The van der Waals surface area contributed by atoms with Gasteiger partial charge < -0.3 is 5.73 Å². The van der Waals surface area contributed by atoms with Crippen molar-refractivity contribution in [2.24, 2.45) is 11.7 Å². The summed E-state index contributed by atoms with van der Waals surface area (Å²) < 4.78 is 0. The Morgan fingerprint density at radius 2 is 2.21 bits per heavy atom. The summed E-state index contributed by atoms with van der Waals surface area (Å²) in [5.74, 6) is 1.15. The van der Waals surface area contributed by atoms with Gasteiger partial charge in [0.25, 0.3) is 0 Å². The zero-order chi connectivity index (χ0) is 10.7. The highest BCUT2D eigenvalue weighted by Gasteiger charge is 2.29. The van der Waals surface area contributed by atoms with Crippen molar-refractivity contribution in [1.29, 1.82) is 5.41 Å². The minimum absolute atomic E-state index is 0.164. The maximum absolute atomic E-state index is 7.56. The molecule has 3 N–H and O–H groups in total. The van der Waals surface area contributed by atoms with Gasteiger partial charge in [-0.3, -0.25) is 10.3 Å². The summed E-state index contributed by atoms with van der Waals surface area (Å²) in [5.41, 5.74) is 5.62. The van der Waals surface area contributed by atoms with Crippen LogP contribution in [0.2, 0.25) is 0 Å². The molecule has 82 valence electrons. The first-order valence-electron chi connectivity index (χ1n) is 5.65. The van der Waals surface area contributed by atoms with E-state index in [1.54, 1.807) is 0 Å². The van der Waals surface area contributed by atoms with Gasteiger partial charge in [0.2, 0.25) is 0 Å². The van der Waals surface area contributed by atoms with Gasteiger partial charge in [0, 0.05) is 6.04 Å². The van der Waals surface area contributed by atoms with Crippen LogP contribution in [0, 0.1) is 11.3 Å². The SMILES string of the molecule is CCC(C(=N)N)N1CCC(C)CC1C. The predicted molar refractivity (Wildman–Crippen MR) is 60.6 cm³/mol. The first kappa shape index (κ1) is 11.5. The molecule has 0 aliphatic carbocycles. The molecule has 1 saturated heterocycles. The Bertz CT molecular complexity index is 203. The fraction of sp³-hybridized carbons (Fsp3) is 0.909. The molecule has 1 aliphatic heterocycles. The number of likely N-dealkylation sites (tertiary alicyclic amines) is 1. The van der Waals surface area contributed by atoms with E-state index < -0.39 is 0 Å². The van der Waals surface area contributed by atoms with Crippen LogP contribution in [0.4, 0.5) is 0 Å². The Morgan fingerprint density at radius 1 is 1.57 bits per heavy atom. The second-order valence-corrected chi connectivity index (χ2v) is 4.60. The fourth-order valence-corrected chi connectivity index (χ4v) is 2.52. The van der Waals surface area contributed by atoms with Gasteiger partial charge in [0.1, 0.15) is 5.84 Å². The predicted octanol–water partition coefficient (Wildman–Crippen LogP) is 1.82. The lowest BCUT2D eigenvalue weighted by Crippen LogP contribution is -2.51. The summed E-state index contributed by atoms with van der Waals surface area (Å²) in [6.07, 6.45) is 3.44. The molecule has 3 nitrogen and oxygen atoms in total. The van der Waals surface area contributed by atoms with Crippen LogP contribution in [-0.2, 0) is 0 Å². The van der Waals surface area contributed by atoms with Gasteiger partial charge in [-0.05, 0) is 38.6 Å². The van der Waals surface area contributed by atoms with Gasteiger partial charge in [-0.1, -0.05) is 13.8 Å². The highest BCUT2D eigenvalue weighted by Crippen LogP contribution is 2.24. The molecular weight excluding hydrogens is 174 g/mol. The zero-order valence-electron chi connectivity index (χ0n) is 9.59. The number of nitrogens with one attached hydrogen (secondary N) is 1. The maximum Gasteiger partial charge on any atom is 0.108 e. The average Bonchev–Trinajstić information content (AvgIpc) is 2.09. The van der Waals surface area contributed by atoms with Crippen LogP contribution in [0.3, 0.4) is 0 Å². The summed E-state index contributed by atoms with van der Waals surface area (Å²) in [4.78, 5) is 2.39. The van der Waals surface area contributed by atoms with Crippen molar-refractivity contribution in [2.75, 3.05) is 6.54 Å². The maximum atomic E-state index is 7.56. The van der Waals surface area contributed by atoms with Crippen molar-refractivity contribution in [1.82, 2.24) is 4.90 Å². The van der Waals surface area contributed by atoms with Crippen LogP contribution in [0.15, 0.2) is 0 Å². The molecule has 0 spiro atoms. The Kier molecular flexibility index (Phi) is 3.93.